The highest BCUT2D eigenvalue weighted by atomic mass is 16.6. The molecule has 0 aliphatic heterocycles. The smallest absolute Gasteiger partial charge is 0.346 e. The first kappa shape index (κ1) is 23.9. The molecule has 0 fully saturated rings. The number of benzene rings is 1. The number of carbonyl (C=O) groups is 4. The zero-order valence-corrected chi connectivity index (χ0v) is 14.5. The molecule has 1 aromatic rings. The molecule has 1 aromatic carbocycles. The quantitative estimate of drug-likeness (QED) is 0.284. The Bertz CT molecular complexity index is 622. The second-order valence-electron chi connectivity index (χ2n) is 4.43. The van der Waals surface area contributed by atoms with Gasteiger partial charge >= 0.3 is 23.9 Å². The lowest BCUT2D eigenvalue weighted by Gasteiger charge is -2.06. The monoisotopic (exact) mass is 380 g/mol. The van der Waals surface area contributed by atoms with Gasteiger partial charge in [0.05, 0.1) is 37.6 Å². The first-order chi connectivity index (χ1) is 12.9. The van der Waals surface area contributed by atoms with E-state index in [1.807, 2.05) is 0 Å². The number of aliphatic hydroxyl groups excluding tert-OH is 2. The average molecular weight is 380 g/mol. The molecule has 27 heavy (non-hydrogen) atoms. The van der Waals surface area contributed by atoms with Crippen molar-refractivity contribution in [1.82, 2.24) is 0 Å². The van der Waals surface area contributed by atoms with Gasteiger partial charge in [-0.15, -0.1) is 0 Å². The molecule has 0 unspecified atom stereocenters. The molecule has 0 radical (unpaired) electrons. The molecule has 146 valence electrons. The van der Waals surface area contributed by atoms with Gasteiger partial charge in [0.2, 0.25) is 0 Å². The minimum absolute atomic E-state index is 0.0278. The molecule has 0 atom stereocenters. The van der Waals surface area contributed by atoms with E-state index in [-0.39, 0.29) is 24.3 Å². The summed E-state index contributed by atoms with van der Waals surface area (Å²) in [6.45, 7) is 6.98. The standard InChI is InChI=1S/C14H10O6.C4H10O3/c1-3-11(15)19-13(17)9-7-5-6-8-10(9)14(18)20-12(16)4-2;5-1-3-7-4-2-6/h3-8H,1-2H2;5-6H,1-4H2. The van der Waals surface area contributed by atoms with Crippen molar-refractivity contribution in [2.75, 3.05) is 26.4 Å². The van der Waals surface area contributed by atoms with Gasteiger partial charge in [-0.1, -0.05) is 25.3 Å². The van der Waals surface area contributed by atoms with Gasteiger partial charge < -0.3 is 24.4 Å². The molecule has 2 N–H and O–H groups in total. The van der Waals surface area contributed by atoms with Crippen molar-refractivity contribution in [3.8, 4) is 0 Å². The summed E-state index contributed by atoms with van der Waals surface area (Å²) in [6.07, 6.45) is 1.61. The largest absolute Gasteiger partial charge is 0.394 e. The van der Waals surface area contributed by atoms with Gasteiger partial charge in [-0.3, -0.25) is 0 Å². The van der Waals surface area contributed by atoms with Crippen molar-refractivity contribution in [2.45, 2.75) is 0 Å². The topological polar surface area (TPSA) is 136 Å². The summed E-state index contributed by atoms with van der Waals surface area (Å²) in [5.41, 5.74) is -0.408. The molecule has 0 saturated heterocycles. The molecule has 0 bridgehead atoms. The Morgan fingerprint density at radius 2 is 1.19 bits per heavy atom. The Labute approximate surface area is 155 Å². The molecule has 0 spiro atoms. The van der Waals surface area contributed by atoms with Crippen LogP contribution in [0.3, 0.4) is 0 Å². The summed E-state index contributed by atoms with van der Waals surface area (Å²) in [7, 11) is 0. The highest BCUT2D eigenvalue weighted by molar-refractivity contribution is 6.09. The van der Waals surface area contributed by atoms with Crippen LogP contribution in [-0.2, 0) is 23.8 Å². The van der Waals surface area contributed by atoms with Crippen LogP contribution in [0.2, 0.25) is 0 Å². The van der Waals surface area contributed by atoms with Crippen LogP contribution in [0.15, 0.2) is 49.6 Å². The van der Waals surface area contributed by atoms with E-state index in [1.54, 1.807) is 0 Å². The minimum atomic E-state index is -1.05. The van der Waals surface area contributed by atoms with Crippen molar-refractivity contribution in [2.24, 2.45) is 0 Å². The van der Waals surface area contributed by atoms with Crippen molar-refractivity contribution in [3.05, 3.63) is 60.7 Å². The van der Waals surface area contributed by atoms with E-state index in [0.29, 0.717) is 13.2 Å². The Morgan fingerprint density at radius 1 is 0.815 bits per heavy atom. The van der Waals surface area contributed by atoms with Crippen LogP contribution >= 0.6 is 0 Å². The maximum atomic E-state index is 11.7. The van der Waals surface area contributed by atoms with E-state index in [9.17, 15) is 19.2 Å². The van der Waals surface area contributed by atoms with E-state index in [2.05, 4.69) is 27.4 Å². The molecule has 0 saturated carbocycles. The van der Waals surface area contributed by atoms with E-state index >= 15 is 0 Å². The number of hydrogen-bond donors (Lipinski definition) is 2. The van der Waals surface area contributed by atoms with Crippen LogP contribution in [0.4, 0.5) is 0 Å². The van der Waals surface area contributed by atoms with E-state index < -0.39 is 23.9 Å². The SMILES string of the molecule is C=CC(=O)OC(=O)c1ccccc1C(=O)OC(=O)C=C.OCCOCCO. The zero-order chi connectivity index (χ0) is 20.7. The van der Waals surface area contributed by atoms with E-state index in [4.69, 9.17) is 10.2 Å². The minimum Gasteiger partial charge on any atom is -0.394 e. The lowest BCUT2D eigenvalue weighted by Crippen LogP contribution is -2.17. The maximum absolute atomic E-state index is 11.7. The molecule has 0 amide bonds. The van der Waals surface area contributed by atoms with Gasteiger partial charge in [-0.05, 0) is 12.1 Å². The summed E-state index contributed by atoms with van der Waals surface area (Å²) in [6, 6.07) is 5.43. The predicted molar refractivity (Wildman–Crippen MR) is 92.7 cm³/mol. The van der Waals surface area contributed by atoms with Crippen molar-refractivity contribution < 1.29 is 43.6 Å². The molecule has 0 aliphatic carbocycles. The molecule has 1 rings (SSSR count). The molecule has 0 aromatic heterocycles. The maximum Gasteiger partial charge on any atom is 0.346 e. The lowest BCUT2D eigenvalue weighted by atomic mass is 10.1. The van der Waals surface area contributed by atoms with Gasteiger partial charge in [0, 0.05) is 12.2 Å². The number of ether oxygens (including phenoxy) is 3. The van der Waals surface area contributed by atoms with Gasteiger partial charge in [0.15, 0.2) is 0 Å². The Balaban J connectivity index is 0.000000821. The molecular formula is C18H20O9. The summed E-state index contributed by atoms with van der Waals surface area (Å²) in [4.78, 5) is 45.3. The van der Waals surface area contributed by atoms with Crippen LogP contribution in [0, 0.1) is 0 Å². The highest BCUT2D eigenvalue weighted by Gasteiger charge is 2.21. The first-order valence-electron chi connectivity index (χ1n) is 7.56. The number of carbonyl (C=O) groups excluding carboxylic acids is 4. The highest BCUT2D eigenvalue weighted by Crippen LogP contribution is 2.12. The molecular weight excluding hydrogens is 360 g/mol. The van der Waals surface area contributed by atoms with Gasteiger partial charge in [-0.25, -0.2) is 19.2 Å². The lowest BCUT2D eigenvalue weighted by molar-refractivity contribution is -0.133. The zero-order valence-electron chi connectivity index (χ0n) is 14.5. The molecule has 9 heteroatoms. The van der Waals surface area contributed by atoms with E-state index in [1.165, 1.54) is 24.3 Å². The Kier molecular flexibility index (Phi) is 12.4. The van der Waals surface area contributed by atoms with Crippen LogP contribution in [0.5, 0.6) is 0 Å². The normalized spacial score (nSPS) is 9.26. The summed E-state index contributed by atoms with van der Waals surface area (Å²) in [5, 5.41) is 16.2. The van der Waals surface area contributed by atoms with Crippen molar-refractivity contribution in [1.29, 1.82) is 0 Å². The first-order valence-corrected chi connectivity index (χ1v) is 7.56. The van der Waals surface area contributed by atoms with Crippen LogP contribution in [0.25, 0.3) is 0 Å². The fraction of sp³-hybridized carbons (Fsp3) is 0.222. The third-order valence-corrected chi connectivity index (χ3v) is 2.56. The van der Waals surface area contributed by atoms with Crippen LogP contribution in [-0.4, -0.2) is 60.5 Å². The third kappa shape index (κ3) is 9.80. The van der Waals surface area contributed by atoms with Gasteiger partial charge in [-0.2, -0.15) is 0 Å². The second kappa shape index (κ2) is 14.1. The number of hydrogen-bond acceptors (Lipinski definition) is 9. The summed E-state index contributed by atoms with van der Waals surface area (Å²) in [5.74, 6) is -4.01. The van der Waals surface area contributed by atoms with Crippen molar-refractivity contribution >= 4 is 23.9 Å². The Hall–Kier alpha value is -3.14. The predicted octanol–water partition coefficient (Wildman–Crippen LogP) is 0.413. The van der Waals surface area contributed by atoms with E-state index in [0.717, 1.165) is 12.2 Å². The molecule has 0 aliphatic rings. The van der Waals surface area contributed by atoms with Gasteiger partial charge in [0.25, 0.3) is 0 Å². The van der Waals surface area contributed by atoms with Crippen molar-refractivity contribution in [3.63, 3.8) is 0 Å². The number of aliphatic hydroxyl groups is 2. The third-order valence-electron chi connectivity index (χ3n) is 2.56. The molecule has 0 heterocycles. The Morgan fingerprint density at radius 3 is 1.48 bits per heavy atom. The fourth-order valence-electron chi connectivity index (χ4n) is 1.45. The number of rotatable bonds is 8. The number of esters is 4. The van der Waals surface area contributed by atoms with Gasteiger partial charge in [0.1, 0.15) is 0 Å². The second-order valence-corrected chi connectivity index (χ2v) is 4.43. The summed E-state index contributed by atoms with van der Waals surface area (Å²) >= 11 is 0. The fourth-order valence-corrected chi connectivity index (χ4v) is 1.45. The van der Waals surface area contributed by atoms with Crippen LogP contribution in [0.1, 0.15) is 20.7 Å². The average Bonchev–Trinajstić information content (AvgIpc) is 2.68. The van der Waals surface area contributed by atoms with Crippen LogP contribution < -0.4 is 0 Å². The summed E-state index contributed by atoms with van der Waals surface area (Å²) < 4.78 is 13.4. The molecule has 9 nitrogen and oxygen atoms in total.